The van der Waals surface area contributed by atoms with Crippen LogP contribution in [-0.4, -0.2) is 21.2 Å². The molecule has 1 aromatic carbocycles. The summed E-state index contributed by atoms with van der Waals surface area (Å²) in [6, 6.07) is 10.7. The fraction of sp³-hybridized carbons (Fsp3) is 0.100. The monoisotopic (exact) mass is 376 g/mol. The number of carbonyl (C=O) groups is 2. The Hall–Kier alpha value is -3.94. The Balaban J connectivity index is 1.56. The van der Waals surface area contributed by atoms with Crippen molar-refractivity contribution in [3.8, 4) is 0 Å². The molecule has 0 aliphatic carbocycles. The van der Waals surface area contributed by atoms with Crippen molar-refractivity contribution >= 4 is 28.4 Å². The highest BCUT2D eigenvalue weighted by atomic mass is 16.3. The van der Waals surface area contributed by atoms with Crippen LogP contribution in [0.15, 0.2) is 58.0 Å². The molecule has 140 valence electrons. The molecule has 8 nitrogen and oxygen atoms in total. The Morgan fingerprint density at radius 2 is 1.79 bits per heavy atom. The third-order valence-corrected chi connectivity index (χ3v) is 4.43. The molecule has 2 N–H and O–H groups in total. The number of fused-ring (bicyclic) bond motifs is 2. The van der Waals surface area contributed by atoms with Gasteiger partial charge in [0.15, 0.2) is 5.76 Å². The molecule has 2 amide bonds. The first-order valence-corrected chi connectivity index (χ1v) is 8.52. The van der Waals surface area contributed by atoms with Gasteiger partial charge >= 0.3 is 5.91 Å². The number of benzene rings is 1. The number of aromatic nitrogens is 2. The van der Waals surface area contributed by atoms with E-state index in [4.69, 9.17) is 4.42 Å². The Morgan fingerprint density at radius 3 is 2.57 bits per heavy atom. The smallest absolute Gasteiger partial charge is 0.305 e. The number of para-hydroxylation sites is 1. The van der Waals surface area contributed by atoms with Gasteiger partial charge in [0.1, 0.15) is 16.8 Å². The topological polar surface area (TPSA) is 106 Å². The second kappa shape index (κ2) is 6.66. The summed E-state index contributed by atoms with van der Waals surface area (Å²) in [5.74, 6) is -1.30. The zero-order valence-electron chi connectivity index (χ0n) is 15.1. The number of rotatable bonds is 2. The molecule has 0 atom stereocenters. The first-order chi connectivity index (χ1) is 13.5. The molecule has 0 radical (unpaired) electrons. The zero-order chi connectivity index (χ0) is 19.8. The van der Waals surface area contributed by atoms with Crippen molar-refractivity contribution in [3.63, 3.8) is 0 Å². The SMILES string of the molecule is Cc1ccc2ncc(C(=O)NNC(=O)c3oc4ccccc4c3C)c(=O)n2c1. The molecule has 0 aliphatic rings. The van der Waals surface area contributed by atoms with Crippen LogP contribution in [0.1, 0.15) is 32.0 Å². The van der Waals surface area contributed by atoms with Crippen LogP contribution in [0.3, 0.4) is 0 Å². The maximum atomic E-state index is 12.5. The normalized spacial score (nSPS) is 10.9. The minimum Gasteiger partial charge on any atom is -0.451 e. The number of hydrazine groups is 1. The molecule has 8 heteroatoms. The summed E-state index contributed by atoms with van der Waals surface area (Å²) in [6.07, 6.45) is 2.78. The molecular formula is C20H16N4O4. The van der Waals surface area contributed by atoms with Gasteiger partial charge in [-0.05, 0) is 31.5 Å². The van der Waals surface area contributed by atoms with Crippen LogP contribution in [0.25, 0.3) is 16.6 Å². The first-order valence-electron chi connectivity index (χ1n) is 8.52. The van der Waals surface area contributed by atoms with E-state index in [2.05, 4.69) is 15.8 Å². The van der Waals surface area contributed by atoms with Crippen LogP contribution in [-0.2, 0) is 0 Å². The van der Waals surface area contributed by atoms with Gasteiger partial charge in [0, 0.05) is 23.3 Å². The van der Waals surface area contributed by atoms with Gasteiger partial charge in [-0.1, -0.05) is 24.3 Å². The molecule has 0 fully saturated rings. The van der Waals surface area contributed by atoms with E-state index in [9.17, 15) is 14.4 Å². The second-order valence-electron chi connectivity index (χ2n) is 6.37. The minimum absolute atomic E-state index is 0.0884. The quantitative estimate of drug-likeness (QED) is 0.522. The molecule has 0 saturated heterocycles. The number of amides is 2. The summed E-state index contributed by atoms with van der Waals surface area (Å²) < 4.78 is 6.84. The first kappa shape index (κ1) is 17.5. The lowest BCUT2D eigenvalue weighted by molar-refractivity contribution is 0.0830. The van der Waals surface area contributed by atoms with Gasteiger partial charge < -0.3 is 4.42 Å². The van der Waals surface area contributed by atoms with Crippen molar-refractivity contribution in [1.29, 1.82) is 0 Å². The average Bonchev–Trinajstić information content (AvgIpc) is 3.03. The van der Waals surface area contributed by atoms with Gasteiger partial charge in [-0.25, -0.2) is 4.98 Å². The maximum absolute atomic E-state index is 12.5. The number of furan rings is 1. The fourth-order valence-electron chi connectivity index (χ4n) is 2.97. The Bertz CT molecular complexity index is 1300. The van der Waals surface area contributed by atoms with E-state index in [1.54, 1.807) is 31.3 Å². The summed E-state index contributed by atoms with van der Waals surface area (Å²) in [5, 5.41) is 0.811. The van der Waals surface area contributed by atoms with E-state index in [0.29, 0.717) is 16.8 Å². The highest BCUT2D eigenvalue weighted by Gasteiger charge is 2.19. The lowest BCUT2D eigenvalue weighted by Gasteiger charge is -2.07. The summed E-state index contributed by atoms with van der Waals surface area (Å²) in [5.41, 5.74) is 6.30. The van der Waals surface area contributed by atoms with Crippen LogP contribution in [0, 0.1) is 13.8 Å². The van der Waals surface area contributed by atoms with Gasteiger partial charge in [-0.15, -0.1) is 0 Å². The van der Waals surface area contributed by atoms with Crippen molar-refractivity contribution < 1.29 is 14.0 Å². The number of hydrogen-bond acceptors (Lipinski definition) is 5. The third kappa shape index (κ3) is 2.90. The van der Waals surface area contributed by atoms with Crippen LogP contribution in [0.4, 0.5) is 0 Å². The molecule has 0 spiro atoms. The van der Waals surface area contributed by atoms with Gasteiger partial charge in [0.25, 0.3) is 11.5 Å². The highest BCUT2D eigenvalue weighted by Crippen LogP contribution is 2.24. The van der Waals surface area contributed by atoms with Crippen molar-refractivity contribution in [1.82, 2.24) is 20.2 Å². The molecule has 0 bridgehead atoms. The van der Waals surface area contributed by atoms with Crippen molar-refractivity contribution in [2.24, 2.45) is 0 Å². The second-order valence-corrected chi connectivity index (χ2v) is 6.37. The summed E-state index contributed by atoms with van der Waals surface area (Å²) in [7, 11) is 0. The van der Waals surface area contributed by atoms with Gasteiger partial charge in [0.2, 0.25) is 0 Å². The van der Waals surface area contributed by atoms with E-state index in [-0.39, 0.29) is 11.3 Å². The number of aryl methyl sites for hydroxylation is 2. The fourth-order valence-corrected chi connectivity index (χ4v) is 2.97. The summed E-state index contributed by atoms with van der Waals surface area (Å²) in [4.78, 5) is 41.4. The number of hydrogen-bond donors (Lipinski definition) is 2. The van der Waals surface area contributed by atoms with Crippen molar-refractivity contribution in [3.05, 3.63) is 81.6 Å². The Kier molecular flexibility index (Phi) is 4.15. The van der Waals surface area contributed by atoms with E-state index in [0.717, 1.165) is 10.9 Å². The van der Waals surface area contributed by atoms with Crippen molar-refractivity contribution in [2.45, 2.75) is 13.8 Å². The molecule has 0 saturated carbocycles. The largest absolute Gasteiger partial charge is 0.451 e. The molecule has 3 aromatic heterocycles. The molecule has 4 rings (SSSR count). The standard InChI is InChI=1S/C20H16N4O4/c1-11-7-8-16-21-9-14(20(27)24(16)10-11)18(25)22-23-19(26)17-12(2)13-5-3-4-6-15(13)28-17/h3-10H,1-2H3,(H,22,25)(H,23,26). The van der Waals surface area contributed by atoms with E-state index in [1.165, 1.54) is 10.6 Å². The molecule has 0 aliphatic heterocycles. The van der Waals surface area contributed by atoms with Crippen LogP contribution in [0.2, 0.25) is 0 Å². The molecule has 0 unspecified atom stereocenters. The van der Waals surface area contributed by atoms with Crippen molar-refractivity contribution in [2.75, 3.05) is 0 Å². The van der Waals surface area contributed by atoms with Gasteiger partial charge in [-0.3, -0.25) is 29.6 Å². The number of nitrogens with zero attached hydrogens (tertiary/aromatic N) is 2. The van der Waals surface area contributed by atoms with E-state index >= 15 is 0 Å². The molecule has 3 heterocycles. The summed E-state index contributed by atoms with van der Waals surface area (Å²) >= 11 is 0. The predicted octanol–water partition coefficient (Wildman–Crippen LogP) is 2.13. The van der Waals surface area contributed by atoms with Gasteiger partial charge in [-0.2, -0.15) is 0 Å². The number of carbonyl (C=O) groups excluding carboxylic acids is 2. The van der Waals surface area contributed by atoms with Crippen LogP contribution in [0.5, 0.6) is 0 Å². The third-order valence-electron chi connectivity index (χ3n) is 4.43. The zero-order valence-corrected chi connectivity index (χ0v) is 15.1. The summed E-state index contributed by atoms with van der Waals surface area (Å²) in [6.45, 7) is 3.58. The maximum Gasteiger partial charge on any atom is 0.305 e. The molecular weight excluding hydrogens is 360 g/mol. The van der Waals surface area contributed by atoms with Gasteiger partial charge in [0.05, 0.1) is 0 Å². The average molecular weight is 376 g/mol. The number of pyridine rings is 1. The van der Waals surface area contributed by atoms with E-state index < -0.39 is 17.4 Å². The molecule has 4 aromatic rings. The Morgan fingerprint density at radius 1 is 1.04 bits per heavy atom. The Labute approximate surface area is 158 Å². The van der Waals surface area contributed by atoms with Crippen LogP contribution < -0.4 is 16.4 Å². The number of nitrogens with one attached hydrogen (secondary N) is 2. The van der Waals surface area contributed by atoms with Crippen LogP contribution >= 0.6 is 0 Å². The predicted molar refractivity (Wildman–Crippen MR) is 102 cm³/mol. The van der Waals surface area contributed by atoms with E-state index in [1.807, 2.05) is 25.1 Å². The lowest BCUT2D eigenvalue weighted by Crippen LogP contribution is -2.43. The minimum atomic E-state index is -0.768. The molecule has 28 heavy (non-hydrogen) atoms. The highest BCUT2D eigenvalue weighted by molar-refractivity contribution is 6.01. The lowest BCUT2D eigenvalue weighted by atomic mass is 10.1.